The third kappa shape index (κ3) is 4.36. The van der Waals surface area contributed by atoms with Crippen LogP contribution >= 0.6 is 0 Å². The summed E-state index contributed by atoms with van der Waals surface area (Å²) in [6.45, 7) is 1.67. The van der Waals surface area contributed by atoms with E-state index in [9.17, 15) is 9.90 Å². The zero-order chi connectivity index (χ0) is 18.6. The summed E-state index contributed by atoms with van der Waals surface area (Å²) >= 11 is 0. The van der Waals surface area contributed by atoms with Crippen molar-refractivity contribution in [1.29, 1.82) is 0 Å². The van der Waals surface area contributed by atoms with Gasteiger partial charge in [-0.3, -0.25) is 9.78 Å². The molecular formula is C19H25N5O2. The second-order valence-electron chi connectivity index (χ2n) is 6.92. The maximum Gasteiger partial charge on any atom is 0.251 e. The molecule has 26 heavy (non-hydrogen) atoms. The standard InChI is InChI=1S/C19H25N5O2/c1-24(2)17-11-21-10-16(23-17)14-4-6-15(7-5-14)18(25)22-13-19(26)8-3-9-20-12-19/h4-7,10-11,20,26H,3,8-9,12-13H2,1-2H3,(H,22,25)/t19-/m0/s1. The fourth-order valence-electron chi connectivity index (χ4n) is 2.95. The van der Waals surface area contributed by atoms with Gasteiger partial charge < -0.3 is 20.6 Å². The van der Waals surface area contributed by atoms with Crippen LogP contribution in [-0.2, 0) is 0 Å². The average molecular weight is 355 g/mol. The molecule has 138 valence electrons. The molecule has 2 aromatic rings. The van der Waals surface area contributed by atoms with Crippen molar-refractivity contribution in [3.8, 4) is 11.3 Å². The molecule has 1 aromatic heterocycles. The summed E-state index contributed by atoms with van der Waals surface area (Å²) in [7, 11) is 3.83. The largest absolute Gasteiger partial charge is 0.387 e. The van der Waals surface area contributed by atoms with E-state index in [1.807, 2.05) is 31.1 Å². The fraction of sp³-hybridized carbons (Fsp3) is 0.421. The molecule has 0 saturated carbocycles. The quantitative estimate of drug-likeness (QED) is 0.743. The zero-order valence-corrected chi connectivity index (χ0v) is 15.2. The molecule has 0 unspecified atom stereocenters. The van der Waals surface area contributed by atoms with Crippen LogP contribution in [0.1, 0.15) is 23.2 Å². The Morgan fingerprint density at radius 2 is 2.08 bits per heavy atom. The number of β-amino-alcohol motifs (C(OH)–C–C–N with tert-alkyl or cyclic N) is 1. The van der Waals surface area contributed by atoms with Crippen LogP contribution in [0.2, 0.25) is 0 Å². The summed E-state index contributed by atoms with van der Waals surface area (Å²) in [6.07, 6.45) is 5.01. The molecule has 0 spiro atoms. The number of nitrogens with one attached hydrogen (secondary N) is 2. The predicted molar refractivity (Wildman–Crippen MR) is 101 cm³/mol. The number of nitrogens with zero attached hydrogens (tertiary/aromatic N) is 3. The third-order valence-corrected chi connectivity index (χ3v) is 4.55. The van der Waals surface area contributed by atoms with E-state index in [1.54, 1.807) is 24.5 Å². The molecule has 2 heterocycles. The van der Waals surface area contributed by atoms with Crippen molar-refractivity contribution in [3.63, 3.8) is 0 Å². The van der Waals surface area contributed by atoms with Crippen molar-refractivity contribution in [2.24, 2.45) is 0 Å². The highest BCUT2D eigenvalue weighted by molar-refractivity contribution is 5.94. The summed E-state index contributed by atoms with van der Waals surface area (Å²) in [6, 6.07) is 7.24. The highest BCUT2D eigenvalue weighted by Gasteiger charge is 2.29. The molecule has 7 nitrogen and oxygen atoms in total. The number of anilines is 1. The highest BCUT2D eigenvalue weighted by atomic mass is 16.3. The summed E-state index contributed by atoms with van der Waals surface area (Å²) in [5, 5.41) is 16.4. The van der Waals surface area contributed by atoms with Gasteiger partial charge in [-0.2, -0.15) is 0 Å². The minimum absolute atomic E-state index is 0.191. The molecule has 1 aromatic carbocycles. The number of aromatic nitrogens is 2. The lowest BCUT2D eigenvalue weighted by atomic mass is 9.94. The topological polar surface area (TPSA) is 90.4 Å². The van der Waals surface area contributed by atoms with Gasteiger partial charge in [-0.1, -0.05) is 12.1 Å². The van der Waals surface area contributed by atoms with Gasteiger partial charge in [0.25, 0.3) is 5.91 Å². The summed E-state index contributed by atoms with van der Waals surface area (Å²) in [4.78, 5) is 23.0. The molecule has 1 amide bonds. The Kier molecular flexibility index (Phi) is 5.49. The second-order valence-corrected chi connectivity index (χ2v) is 6.92. The van der Waals surface area contributed by atoms with Gasteiger partial charge in [-0.15, -0.1) is 0 Å². The van der Waals surface area contributed by atoms with E-state index < -0.39 is 5.60 Å². The molecule has 0 bridgehead atoms. The van der Waals surface area contributed by atoms with Crippen molar-refractivity contribution in [2.75, 3.05) is 38.6 Å². The number of rotatable bonds is 5. The van der Waals surface area contributed by atoms with Gasteiger partial charge in [0.05, 0.1) is 23.7 Å². The number of amides is 1. The molecule has 1 fully saturated rings. The van der Waals surface area contributed by atoms with Crippen LogP contribution in [0.5, 0.6) is 0 Å². The first-order valence-corrected chi connectivity index (χ1v) is 8.78. The molecule has 0 radical (unpaired) electrons. The lowest BCUT2D eigenvalue weighted by molar-refractivity contribution is 0.0170. The van der Waals surface area contributed by atoms with Crippen LogP contribution in [0.25, 0.3) is 11.3 Å². The molecule has 1 atom stereocenters. The normalized spacial score (nSPS) is 19.8. The van der Waals surface area contributed by atoms with Crippen LogP contribution in [0.3, 0.4) is 0 Å². The Morgan fingerprint density at radius 3 is 2.73 bits per heavy atom. The molecule has 3 N–H and O–H groups in total. The molecule has 1 aliphatic rings. The smallest absolute Gasteiger partial charge is 0.251 e. The van der Waals surface area contributed by atoms with Crippen LogP contribution in [-0.4, -0.2) is 60.3 Å². The summed E-state index contributed by atoms with van der Waals surface area (Å²) < 4.78 is 0. The van der Waals surface area contributed by atoms with Gasteiger partial charge in [0.1, 0.15) is 5.82 Å². The second kappa shape index (κ2) is 7.80. The van der Waals surface area contributed by atoms with Crippen LogP contribution < -0.4 is 15.5 Å². The zero-order valence-electron chi connectivity index (χ0n) is 15.2. The fourth-order valence-corrected chi connectivity index (χ4v) is 2.95. The third-order valence-electron chi connectivity index (χ3n) is 4.55. The molecule has 0 aliphatic carbocycles. The first kappa shape index (κ1) is 18.3. The predicted octanol–water partition coefficient (Wildman–Crippen LogP) is 1.05. The summed E-state index contributed by atoms with van der Waals surface area (Å²) in [5.41, 5.74) is 1.34. The number of benzene rings is 1. The van der Waals surface area contributed by atoms with Gasteiger partial charge in [0, 0.05) is 38.3 Å². The van der Waals surface area contributed by atoms with E-state index in [-0.39, 0.29) is 12.5 Å². The molecular weight excluding hydrogens is 330 g/mol. The maximum absolute atomic E-state index is 12.3. The van der Waals surface area contributed by atoms with Gasteiger partial charge in [0.15, 0.2) is 0 Å². The first-order valence-electron chi connectivity index (χ1n) is 8.78. The van der Waals surface area contributed by atoms with Gasteiger partial charge in [-0.25, -0.2) is 4.98 Å². The number of carbonyl (C=O) groups is 1. The van der Waals surface area contributed by atoms with Crippen LogP contribution in [0.15, 0.2) is 36.7 Å². The lowest BCUT2D eigenvalue weighted by Crippen LogP contribution is -2.52. The van der Waals surface area contributed by atoms with E-state index in [0.717, 1.165) is 30.0 Å². The summed E-state index contributed by atoms with van der Waals surface area (Å²) in [5.74, 6) is 0.585. The highest BCUT2D eigenvalue weighted by Crippen LogP contribution is 2.19. The van der Waals surface area contributed by atoms with Crippen molar-refractivity contribution in [3.05, 3.63) is 42.2 Å². The Labute approximate surface area is 153 Å². The van der Waals surface area contributed by atoms with Crippen molar-refractivity contribution >= 4 is 11.7 Å². The van der Waals surface area contributed by atoms with Crippen molar-refractivity contribution < 1.29 is 9.90 Å². The van der Waals surface area contributed by atoms with Gasteiger partial charge in [0.2, 0.25) is 0 Å². The average Bonchev–Trinajstić information content (AvgIpc) is 2.67. The molecule has 1 saturated heterocycles. The van der Waals surface area contributed by atoms with E-state index >= 15 is 0 Å². The minimum atomic E-state index is -0.865. The van der Waals surface area contributed by atoms with E-state index in [1.165, 1.54) is 0 Å². The Hall–Kier alpha value is -2.51. The minimum Gasteiger partial charge on any atom is -0.387 e. The van der Waals surface area contributed by atoms with Gasteiger partial charge in [-0.05, 0) is 31.5 Å². The maximum atomic E-state index is 12.3. The number of hydrogen-bond acceptors (Lipinski definition) is 6. The number of piperidine rings is 1. The monoisotopic (exact) mass is 355 g/mol. The molecule has 3 rings (SSSR count). The Bertz CT molecular complexity index is 755. The van der Waals surface area contributed by atoms with Crippen molar-refractivity contribution in [1.82, 2.24) is 20.6 Å². The first-order chi connectivity index (χ1) is 12.5. The number of hydrogen-bond donors (Lipinski definition) is 3. The number of carbonyl (C=O) groups excluding carboxylic acids is 1. The number of aliphatic hydroxyl groups is 1. The van der Waals surface area contributed by atoms with E-state index in [0.29, 0.717) is 18.5 Å². The lowest BCUT2D eigenvalue weighted by Gasteiger charge is -2.32. The van der Waals surface area contributed by atoms with Crippen LogP contribution in [0, 0.1) is 0 Å². The van der Waals surface area contributed by atoms with Crippen molar-refractivity contribution in [2.45, 2.75) is 18.4 Å². The Balaban J connectivity index is 1.65. The SMILES string of the molecule is CN(C)c1cncc(-c2ccc(C(=O)NC[C@]3(O)CCCNC3)cc2)n1. The molecule has 7 heteroatoms. The molecule has 1 aliphatic heterocycles. The van der Waals surface area contributed by atoms with Crippen LogP contribution in [0.4, 0.5) is 5.82 Å². The van der Waals surface area contributed by atoms with E-state index in [4.69, 9.17) is 0 Å². The van der Waals surface area contributed by atoms with Gasteiger partial charge >= 0.3 is 0 Å². The van der Waals surface area contributed by atoms with E-state index in [2.05, 4.69) is 20.6 Å². The Morgan fingerprint density at radius 1 is 1.31 bits per heavy atom.